The lowest BCUT2D eigenvalue weighted by atomic mass is 10.0. The van der Waals surface area contributed by atoms with Crippen molar-refractivity contribution in [1.29, 1.82) is 0 Å². The summed E-state index contributed by atoms with van der Waals surface area (Å²) >= 11 is 0. The van der Waals surface area contributed by atoms with E-state index >= 15 is 0 Å². The molecule has 0 radical (unpaired) electrons. The number of ether oxygens (including phenoxy) is 2. The van der Waals surface area contributed by atoms with Crippen molar-refractivity contribution in [1.82, 2.24) is 9.97 Å². The second-order valence-corrected chi connectivity index (χ2v) is 6.89. The Kier molecular flexibility index (Phi) is 5.10. The van der Waals surface area contributed by atoms with E-state index in [9.17, 15) is 13.0 Å². The van der Waals surface area contributed by atoms with Crippen molar-refractivity contribution >= 4 is 10.1 Å². The van der Waals surface area contributed by atoms with Crippen LogP contribution in [-0.4, -0.2) is 37.2 Å². The topological polar surface area (TPSA) is 101 Å². The first-order valence-corrected chi connectivity index (χ1v) is 8.74. The highest BCUT2D eigenvalue weighted by atomic mass is 32.2. The first-order chi connectivity index (χ1) is 11.2. The number of hydrogen-bond donors (Lipinski definition) is 0. The lowest BCUT2D eigenvalue weighted by Crippen LogP contribution is -2.10. The van der Waals surface area contributed by atoms with Gasteiger partial charge in [0.05, 0.1) is 35.7 Å². The van der Waals surface area contributed by atoms with Crippen LogP contribution in [0.4, 0.5) is 0 Å². The molecule has 0 unspecified atom stereocenters. The Morgan fingerprint density at radius 2 is 1.75 bits per heavy atom. The fraction of sp³-hybridized carbons (Fsp3) is 0.375. The summed E-state index contributed by atoms with van der Waals surface area (Å²) in [5, 5.41) is 0. The standard InChI is InChI=1S/C16H20N2O5S/c1-9-6-10(2)14(13(7-9)22-4)15-17-11(3)12(8-24(19,20)21)16(18-15)23-5/h6-7H,8H2,1-5H3,(H,19,20,21)/p-1. The molecule has 0 aliphatic heterocycles. The Labute approximate surface area is 141 Å². The van der Waals surface area contributed by atoms with Gasteiger partial charge in [-0.1, -0.05) is 6.07 Å². The highest BCUT2D eigenvalue weighted by molar-refractivity contribution is 7.84. The van der Waals surface area contributed by atoms with Crippen molar-refractivity contribution in [2.45, 2.75) is 26.5 Å². The van der Waals surface area contributed by atoms with Crippen LogP contribution in [0.3, 0.4) is 0 Å². The molecule has 0 aliphatic rings. The quantitative estimate of drug-likeness (QED) is 0.760. The second kappa shape index (κ2) is 6.74. The van der Waals surface area contributed by atoms with Gasteiger partial charge < -0.3 is 14.0 Å². The normalized spacial score (nSPS) is 11.4. The largest absolute Gasteiger partial charge is 0.748 e. The van der Waals surface area contributed by atoms with E-state index in [2.05, 4.69) is 9.97 Å². The minimum Gasteiger partial charge on any atom is -0.748 e. The second-order valence-electron chi connectivity index (χ2n) is 5.48. The molecule has 1 aromatic heterocycles. The van der Waals surface area contributed by atoms with E-state index in [1.807, 2.05) is 26.0 Å². The summed E-state index contributed by atoms with van der Waals surface area (Å²) in [6, 6.07) is 3.84. The van der Waals surface area contributed by atoms with Gasteiger partial charge in [-0.3, -0.25) is 0 Å². The van der Waals surface area contributed by atoms with E-state index in [-0.39, 0.29) is 11.4 Å². The number of aromatic nitrogens is 2. The van der Waals surface area contributed by atoms with Crippen LogP contribution < -0.4 is 9.47 Å². The van der Waals surface area contributed by atoms with Crippen LogP contribution in [0.5, 0.6) is 11.6 Å². The zero-order chi connectivity index (χ0) is 18.1. The molecule has 0 spiro atoms. The van der Waals surface area contributed by atoms with Gasteiger partial charge in [-0.15, -0.1) is 0 Å². The van der Waals surface area contributed by atoms with Gasteiger partial charge in [-0.05, 0) is 38.0 Å². The van der Waals surface area contributed by atoms with Gasteiger partial charge in [0.15, 0.2) is 5.82 Å². The van der Waals surface area contributed by atoms with Crippen LogP contribution in [0.2, 0.25) is 0 Å². The monoisotopic (exact) mass is 351 g/mol. The number of benzene rings is 1. The molecule has 8 heteroatoms. The van der Waals surface area contributed by atoms with Crippen molar-refractivity contribution < 1.29 is 22.4 Å². The average Bonchev–Trinajstić information content (AvgIpc) is 2.47. The summed E-state index contributed by atoms with van der Waals surface area (Å²) in [6.45, 7) is 5.48. The van der Waals surface area contributed by atoms with Gasteiger partial charge in [-0.25, -0.2) is 13.4 Å². The van der Waals surface area contributed by atoms with Gasteiger partial charge in [0.2, 0.25) is 5.88 Å². The first-order valence-electron chi connectivity index (χ1n) is 7.17. The molecular formula is C16H19N2O5S-. The maximum atomic E-state index is 11.1. The molecule has 0 saturated heterocycles. The number of hydrogen-bond acceptors (Lipinski definition) is 7. The Bertz CT molecular complexity index is 879. The Hall–Kier alpha value is -2.19. The number of nitrogens with zero attached hydrogens (tertiary/aromatic N) is 2. The molecule has 1 heterocycles. The Morgan fingerprint density at radius 3 is 2.29 bits per heavy atom. The molecule has 0 bridgehead atoms. The highest BCUT2D eigenvalue weighted by Crippen LogP contribution is 2.34. The van der Waals surface area contributed by atoms with Crippen LogP contribution in [0.15, 0.2) is 12.1 Å². The van der Waals surface area contributed by atoms with Gasteiger partial charge in [-0.2, -0.15) is 4.98 Å². The summed E-state index contributed by atoms with van der Waals surface area (Å²) in [6.07, 6.45) is 0. The lowest BCUT2D eigenvalue weighted by Gasteiger charge is -2.16. The Morgan fingerprint density at radius 1 is 1.08 bits per heavy atom. The molecule has 2 aromatic rings. The molecule has 0 saturated carbocycles. The average molecular weight is 351 g/mol. The SMILES string of the molecule is COc1cc(C)cc(C)c1-c1nc(C)c(CS(=O)(=O)[O-])c(OC)n1. The van der Waals surface area contributed by atoms with E-state index in [0.717, 1.165) is 11.1 Å². The number of rotatable bonds is 5. The number of aryl methyl sites for hydroxylation is 3. The molecule has 0 fully saturated rings. The van der Waals surface area contributed by atoms with Crippen molar-refractivity contribution in [2.24, 2.45) is 0 Å². The van der Waals surface area contributed by atoms with E-state index in [1.54, 1.807) is 14.0 Å². The molecule has 0 atom stereocenters. The van der Waals surface area contributed by atoms with E-state index < -0.39 is 15.9 Å². The van der Waals surface area contributed by atoms with Crippen LogP contribution in [0.1, 0.15) is 22.4 Å². The molecule has 7 nitrogen and oxygen atoms in total. The van der Waals surface area contributed by atoms with E-state index in [4.69, 9.17) is 9.47 Å². The molecular weight excluding hydrogens is 332 g/mol. The highest BCUT2D eigenvalue weighted by Gasteiger charge is 2.19. The first kappa shape index (κ1) is 18.2. The van der Waals surface area contributed by atoms with Crippen molar-refractivity contribution in [3.63, 3.8) is 0 Å². The van der Waals surface area contributed by atoms with Crippen LogP contribution in [0, 0.1) is 20.8 Å². The third-order valence-electron chi connectivity index (χ3n) is 3.58. The summed E-state index contributed by atoms with van der Waals surface area (Å²) in [4.78, 5) is 8.65. The zero-order valence-corrected chi connectivity index (χ0v) is 15.0. The van der Waals surface area contributed by atoms with Crippen molar-refractivity contribution in [3.05, 3.63) is 34.5 Å². The molecule has 130 valence electrons. The fourth-order valence-corrected chi connectivity index (χ4v) is 3.26. The summed E-state index contributed by atoms with van der Waals surface area (Å²) < 4.78 is 43.8. The van der Waals surface area contributed by atoms with Gasteiger partial charge in [0.25, 0.3) is 0 Å². The molecule has 2 rings (SSSR count). The molecule has 24 heavy (non-hydrogen) atoms. The maximum Gasteiger partial charge on any atom is 0.221 e. The molecule has 0 aliphatic carbocycles. The molecule has 0 N–H and O–H groups in total. The zero-order valence-electron chi connectivity index (χ0n) is 14.2. The summed E-state index contributed by atoms with van der Waals surface area (Å²) in [7, 11) is -1.55. The van der Waals surface area contributed by atoms with E-state index in [1.165, 1.54) is 7.11 Å². The minimum absolute atomic E-state index is 0.0685. The third-order valence-corrected chi connectivity index (χ3v) is 4.22. The Balaban J connectivity index is 2.69. The minimum atomic E-state index is -4.47. The van der Waals surface area contributed by atoms with E-state index in [0.29, 0.717) is 22.8 Å². The molecule has 0 amide bonds. The lowest BCUT2D eigenvalue weighted by molar-refractivity contribution is 0.390. The molecule has 1 aromatic carbocycles. The van der Waals surface area contributed by atoms with Crippen LogP contribution >= 0.6 is 0 Å². The van der Waals surface area contributed by atoms with Gasteiger partial charge >= 0.3 is 0 Å². The summed E-state index contributed by atoms with van der Waals surface area (Å²) in [5.74, 6) is 0.314. The predicted molar refractivity (Wildman–Crippen MR) is 88.2 cm³/mol. The third kappa shape index (κ3) is 3.82. The van der Waals surface area contributed by atoms with Gasteiger partial charge in [0, 0.05) is 11.3 Å². The fourth-order valence-electron chi connectivity index (χ4n) is 2.57. The summed E-state index contributed by atoms with van der Waals surface area (Å²) in [5.41, 5.74) is 3.18. The van der Waals surface area contributed by atoms with Crippen LogP contribution in [0.25, 0.3) is 11.4 Å². The van der Waals surface area contributed by atoms with Crippen LogP contribution in [-0.2, 0) is 15.9 Å². The maximum absolute atomic E-state index is 11.1. The van der Waals surface area contributed by atoms with Crippen molar-refractivity contribution in [3.8, 4) is 23.0 Å². The number of methoxy groups -OCH3 is 2. The predicted octanol–water partition coefficient (Wildman–Crippen LogP) is 2.13. The van der Waals surface area contributed by atoms with Crippen molar-refractivity contribution in [2.75, 3.05) is 14.2 Å². The van der Waals surface area contributed by atoms with Gasteiger partial charge in [0.1, 0.15) is 5.75 Å². The smallest absolute Gasteiger partial charge is 0.221 e.